The fraction of sp³-hybridized carbons (Fsp3) is 0.333. The van der Waals surface area contributed by atoms with Gasteiger partial charge in [0, 0.05) is 16.9 Å². The quantitative estimate of drug-likeness (QED) is 0.793. The van der Waals surface area contributed by atoms with E-state index >= 15 is 0 Å². The SMILES string of the molecule is CC(C)c1nc(Cl)cc(Sc2ccc3c(c2)OCCO3)n1. The summed E-state index contributed by atoms with van der Waals surface area (Å²) in [6, 6.07) is 7.64. The summed E-state index contributed by atoms with van der Waals surface area (Å²) in [5.74, 6) is 2.55. The molecule has 6 heteroatoms. The molecule has 0 amide bonds. The maximum atomic E-state index is 6.07. The largest absolute Gasteiger partial charge is 0.486 e. The number of hydrogen-bond acceptors (Lipinski definition) is 5. The number of fused-ring (bicyclic) bond motifs is 1. The first-order valence-corrected chi connectivity index (χ1v) is 7.93. The Morgan fingerprint density at radius 2 is 1.86 bits per heavy atom. The Morgan fingerprint density at radius 3 is 2.62 bits per heavy atom. The number of ether oxygens (including phenoxy) is 2. The van der Waals surface area contributed by atoms with E-state index in [1.54, 1.807) is 6.07 Å². The predicted octanol–water partition coefficient (Wildman–Crippen LogP) is 4.18. The smallest absolute Gasteiger partial charge is 0.162 e. The fourth-order valence-electron chi connectivity index (χ4n) is 1.93. The van der Waals surface area contributed by atoms with E-state index in [4.69, 9.17) is 21.1 Å². The molecule has 0 bridgehead atoms. The van der Waals surface area contributed by atoms with E-state index in [1.807, 2.05) is 32.0 Å². The summed E-state index contributed by atoms with van der Waals surface area (Å²) in [6.07, 6.45) is 0. The Labute approximate surface area is 132 Å². The first-order valence-electron chi connectivity index (χ1n) is 6.74. The van der Waals surface area contributed by atoms with Crippen molar-refractivity contribution < 1.29 is 9.47 Å². The van der Waals surface area contributed by atoms with E-state index in [9.17, 15) is 0 Å². The van der Waals surface area contributed by atoms with E-state index in [0.29, 0.717) is 18.4 Å². The Bertz CT molecular complexity index is 664. The number of nitrogens with zero attached hydrogens (tertiary/aromatic N) is 2. The Morgan fingerprint density at radius 1 is 1.10 bits per heavy atom. The number of rotatable bonds is 3. The van der Waals surface area contributed by atoms with Gasteiger partial charge in [-0.25, -0.2) is 9.97 Å². The van der Waals surface area contributed by atoms with E-state index in [1.165, 1.54) is 11.8 Å². The normalized spacial score (nSPS) is 13.5. The van der Waals surface area contributed by atoms with Crippen molar-refractivity contribution in [2.24, 2.45) is 0 Å². The molecule has 0 atom stereocenters. The summed E-state index contributed by atoms with van der Waals surface area (Å²) in [7, 11) is 0. The summed E-state index contributed by atoms with van der Waals surface area (Å²) in [5, 5.41) is 1.30. The molecule has 1 aliphatic heterocycles. The van der Waals surface area contributed by atoms with Gasteiger partial charge in [-0.15, -0.1) is 0 Å². The molecule has 21 heavy (non-hydrogen) atoms. The summed E-state index contributed by atoms with van der Waals surface area (Å²) >= 11 is 7.60. The van der Waals surface area contributed by atoms with Gasteiger partial charge in [-0.1, -0.05) is 37.2 Å². The minimum Gasteiger partial charge on any atom is -0.486 e. The molecular formula is C15H15ClN2O2S. The second-order valence-corrected chi connectivity index (χ2v) is 6.43. The molecule has 0 N–H and O–H groups in total. The summed E-state index contributed by atoms with van der Waals surface area (Å²) in [5.41, 5.74) is 0. The van der Waals surface area contributed by atoms with Gasteiger partial charge in [0.15, 0.2) is 11.5 Å². The lowest BCUT2D eigenvalue weighted by Crippen LogP contribution is -2.15. The number of benzene rings is 1. The maximum Gasteiger partial charge on any atom is 0.162 e. The number of aromatic nitrogens is 2. The fourth-order valence-corrected chi connectivity index (χ4v) is 3.04. The number of hydrogen-bond donors (Lipinski definition) is 0. The Kier molecular flexibility index (Phi) is 4.22. The highest BCUT2D eigenvalue weighted by Crippen LogP contribution is 2.36. The van der Waals surface area contributed by atoms with Crippen molar-refractivity contribution in [3.63, 3.8) is 0 Å². The molecule has 0 saturated heterocycles. The molecule has 0 saturated carbocycles. The zero-order valence-electron chi connectivity index (χ0n) is 11.8. The van der Waals surface area contributed by atoms with E-state index in [-0.39, 0.29) is 5.92 Å². The van der Waals surface area contributed by atoms with Gasteiger partial charge in [-0.05, 0) is 18.2 Å². The van der Waals surface area contributed by atoms with Crippen LogP contribution in [0.15, 0.2) is 34.2 Å². The van der Waals surface area contributed by atoms with Gasteiger partial charge >= 0.3 is 0 Å². The van der Waals surface area contributed by atoms with Crippen molar-refractivity contribution in [2.45, 2.75) is 29.7 Å². The summed E-state index contributed by atoms with van der Waals surface area (Å²) < 4.78 is 11.1. The van der Waals surface area contributed by atoms with Gasteiger partial charge in [-0.2, -0.15) is 0 Å². The lowest BCUT2D eigenvalue weighted by atomic mass is 10.2. The molecule has 3 rings (SSSR count). The average molecular weight is 323 g/mol. The lowest BCUT2D eigenvalue weighted by molar-refractivity contribution is 0.171. The highest BCUT2D eigenvalue weighted by molar-refractivity contribution is 7.99. The van der Waals surface area contributed by atoms with Crippen LogP contribution in [-0.2, 0) is 0 Å². The van der Waals surface area contributed by atoms with Crippen LogP contribution < -0.4 is 9.47 Å². The second kappa shape index (κ2) is 6.12. The van der Waals surface area contributed by atoms with Crippen molar-refractivity contribution in [1.82, 2.24) is 9.97 Å². The van der Waals surface area contributed by atoms with Crippen LogP contribution in [0, 0.1) is 0 Å². The molecule has 1 aromatic carbocycles. The molecule has 2 heterocycles. The molecule has 2 aromatic rings. The van der Waals surface area contributed by atoms with Crippen LogP contribution in [0.1, 0.15) is 25.6 Å². The van der Waals surface area contributed by atoms with Crippen LogP contribution in [0.4, 0.5) is 0 Å². The predicted molar refractivity (Wildman–Crippen MR) is 82.7 cm³/mol. The van der Waals surface area contributed by atoms with Gasteiger partial charge in [0.1, 0.15) is 29.2 Å². The van der Waals surface area contributed by atoms with Crippen LogP contribution in [0.5, 0.6) is 11.5 Å². The zero-order chi connectivity index (χ0) is 14.8. The topological polar surface area (TPSA) is 44.2 Å². The van der Waals surface area contributed by atoms with Crippen LogP contribution >= 0.6 is 23.4 Å². The molecular weight excluding hydrogens is 308 g/mol. The summed E-state index contributed by atoms with van der Waals surface area (Å²) in [4.78, 5) is 9.81. The monoisotopic (exact) mass is 322 g/mol. The second-order valence-electron chi connectivity index (χ2n) is 4.95. The molecule has 0 unspecified atom stereocenters. The van der Waals surface area contributed by atoms with E-state index in [2.05, 4.69) is 9.97 Å². The third-order valence-corrected chi connectivity index (χ3v) is 4.04. The lowest BCUT2D eigenvalue weighted by Gasteiger charge is -2.18. The molecule has 4 nitrogen and oxygen atoms in total. The van der Waals surface area contributed by atoms with Gasteiger partial charge in [-0.3, -0.25) is 0 Å². The van der Waals surface area contributed by atoms with Crippen molar-refractivity contribution in [2.75, 3.05) is 13.2 Å². The van der Waals surface area contributed by atoms with Crippen LogP contribution in [-0.4, -0.2) is 23.2 Å². The molecule has 0 radical (unpaired) electrons. The minimum absolute atomic E-state index is 0.239. The van der Waals surface area contributed by atoms with Crippen LogP contribution in [0.3, 0.4) is 0 Å². The van der Waals surface area contributed by atoms with Gasteiger partial charge in [0.25, 0.3) is 0 Å². The molecule has 0 spiro atoms. The molecule has 0 fully saturated rings. The number of halogens is 1. The highest BCUT2D eigenvalue weighted by atomic mass is 35.5. The third-order valence-electron chi connectivity index (χ3n) is 2.94. The van der Waals surface area contributed by atoms with Crippen molar-refractivity contribution >= 4 is 23.4 Å². The van der Waals surface area contributed by atoms with Crippen molar-refractivity contribution in [3.05, 3.63) is 35.2 Å². The average Bonchev–Trinajstić information content (AvgIpc) is 2.46. The van der Waals surface area contributed by atoms with E-state index < -0.39 is 0 Å². The standard InChI is InChI=1S/C15H15ClN2O2S/c1-9(2)15-17-13(16)8-14(18-15)21-10-3-4-11-12(7-10)20-6-5-19-11/h3-4,7-9H,5-6H2,1-2H3. The van der Waals surface area contributed by atoms with Crippen LogP contribution in [0.25, 0.3) is 0 Å². The zero-order valence-corrected chi connectivity index (χ0v) is 13.4. The minimum atomic E-state index is 0.239. The maximum absolute atomic E-state index is 6.07. The first kappa shape index (κ1) is 14.5. The molecule has 110 valence electrons. The Hall–Kier alpha value is -1.46. The Balaban J connectivity index is 1.86. The van der Waals surface area contributed by atoms with E-state index in [0.717, 1.165) is 27.2 Å². The first-order chi connectivity index (χ1) is 10.1. The van der Waals surface area contributed by atoms with Gasteiger partial charge in [0.2, 0.25) is 0 Å². The molecule has 1 aromatic heterocycles. The van der Waals surface area contributed by atoms with Crippen molar-refractivity contribution in [1.29, 1.82) is 0 Å². The molecule has 1 aliphatic rings. The van der Waals surface area contributed by atoms with Crippen LogP contribution in [0.2, 0.25) is 5.15 Å². The van der Waals surface area contributed by atoms with Gasteiger partial charge < -0.3 is 9.47 Å². The summed E-state index contributed by atoms with van der Waals surface area (Å²) in [6.45, 7) is 5.27. The highest BCUT2D eigenvalue weighted by Gasteiger charge is 2.13. The van der Waals surface area contributed by atoms with Crippen molar-refractivity contribution in [3.8, 4) is 11.5 Å². The third kappa shape index (κ3) is 3.41. The van der Waals surface area contributed by atoms with Gasteiger partial charge in [0.05, 0.1) is 0 Å². The molecule has 0 aliphatic carbocycles.